The van der Waals surface area contributed by atoms with Crippen molar-refractivity contribution >= 4 is 38.6 Å². The maximum atomic E-state index is 2.43. The van der Waals surface area contributed by atoms with E-state index in [-0.39, 0.29) is 0 Å². The number of fused-ring (bicyclic) bond motifs is 8. The highest BCUT2D eigenvalue weighted by Crippen LogP contribution is 2.60. The Labute approximate surface area is 339 Å². The second-order valence-electron chi connectivity index (χ2n) is 15.2. The maximum absolute atomic E-state index is 2.43. The topological polar surface area (TPSA) is 3.24 Å². The predicted octanol–water partition coefficient (Wildman–Crippen LogP) is 15.2. The van der Waals surface area contributed by atoms with Crippen molar-refractivity contribution < 1.29 is 0 Å². The van der Waals surface area contributed by atoms with Gasteiger partial charge >= 0.3 is 0 Å². The molecule has 272 valence electrons. The molecule has 0 unspecified atom stereocenters. The lowest BCUT2D eigenvalue weighted by Gasteiger charge is -2.35. The Hall–Kier alpha value is -7.48. The summed E-state index contributed by atoms with van der Waals surface area (Å²) in [4.78, 5) is 2.40. The van der Waals surface area contributed by atoms with Crippen LogP contribution in [0.1, 0.15) is 22.3 Å². The van der Waals surface area contributed by atoms with E-state index in [1.807, 2.05) is 0 Å². The van der Waals surface area contributed by atoms with Crippen molar-refractivity contribution in [3.8, 4) is 33.4 Å². The van der Waals surface area contributed by atoms with Gasteiger partial charge in [-0.05, 0) is 114 Å². The Kier molecular flexibility index (Phi) is 8.12. The molecule has 11 rings (SSSR count). The third kappa shape index (κ3) is 5.32. The molecule has 0 radical (unpaired) electrons. The van der Waals surface area contributed by atoms with E-state index in [1.165, 1.54) is 77.2 Å². The molecule has 1 aliphatic rings. The number of hydrogen-bond donors (Lipinski definition) is 0. The molecule has 0 saturated heterocycles. The summed E-state index contributed by atoms with van der Waals surface area (Å²) in [6.45, 7) is 0. The molecule has 0 heterocycles. The van der Waals surface area contributed by atoms with Crippen LogP contribution in [0.25, 0.3) is 54.9 Å². The molecule has 1 heteroatoms. The quantitative estimate of drug-likeness (QED) is 0.147. The summed E-state index contributed by atoms with van der Waals surface area (Å²) in [5.74, 6) is 0. The van der Waals surface area contributed by atoms with Crippen LogP contribution < -0.4 is 4.90 Å². The van der Waals surface area contributed by atoms with Crippen molar-refractivity contribution in [3.05, 3.63) is 259 Å². The van der Waals surface area contributed by atoms with E-state index < -0.39 is 5.41 Å². The van der Waals surface area contributed by atoms with Crippen molar-refractivity contribution in [2.45, 2.75) is 5.41 Å². The number of rotatable bonds is 7. The van der Waals surface area contributed by atoms with Crippen molar-refractivity contribution in [2.75, 3.05) is 4.90 Å². The lowest BCUT2D eigenvalue weighted by molar-refractivity contribution is 0.776. The molecule has 0 N–H and O–H groups in total. The fraction of sp³-hybridized carbons (Fsp3) is 0.0175. The fourth-order valence-corrected chi connectivity index (χ4v) is 9.61. The van der Waals surface area contributed by atoms with Crippen molar-refractivity contribution in [1.82, 2.24) is 0 Å². The monoisotopic (exact) mass is 737 g/mol. The van der Waals surface area contributed by atoms with Gasteiger partial charge in [-0.1, -0.05) is 200 Å². The van der Waals surface area contributed by atoms with Crippen LogP contribution in [0.4, 0.5) is 17.1 Å². The first-order chi connectivity index (χ1) is 28.8. The Morgan fingerprint density at radius 1 is 0.293 bits per heavy atom. The molecule has 0 bridgehead atoms. The molecule has 0 amide bonds. The average molecular weight is 738 g/mol. The van der Waals surface area contributed by atoms with Gasteiger partial charge in [0, 0.05) is 17.1 Å². The van der Waals surface area contributed by atoms with Gasteiger partial charge in [-0.25, -0.2) is 0 Å². The summed E-state index contributed by atoms with van der Waals surface area (Å²) in [7, 11) is 0. The van der Waals surface area contributed by atoms with E-state index in [0.29, 0.717) is 0 Å². The standard InChI is InChI=1S/C57H39N/c1-5-17-40(18-6-1)42-29-33-46(34-30-42)58(47-35-31-43(32-36-47)41-19-7-2-8-20-41)48-37-38-51-53(39-48)49-25-13-14-26-50(49)55-52-27-15-16-28-54(52)57(56(51)55,44-21-9-3-10-22-44)45-23-11-4-12-24-45/h1-39H. The van der Waals surface area contributed by atoms with Gasteiger partial charge in [-0.15, -0.1) is 0 Å². The molecular formula is C57H39N. The summed E-state index contributed by atoms with van der Waals surface area (Å²) >= 11 is 0. The molecule has 58 heavy (non-hydrogen) atoms. The van der Waals surface area contributed by atoms with Gasteiger partial charge in [-0.2, -0.15) is 0 Å². The van der Waals surface area contributed by atoms with E-state index in [0.717, 1.165) is 17.1 Å². The Balaban J connectivity index is 1.18. The first-order valence-corrected chi connectivity index (χ1v) is 20.1. The highest BCUT2D eigenvalue weighted by molar-refractivity contribution is 6.20. The second kappa shape index (κ2) is 13.9. The number of nitrogens with zero attached hydrogens (tertiary/aromatic N) is 1. The van der Waals surface area contributed by atoms with Crippen LogP contribution in [0.2, 0.25) is 0 Å². The van der Waals surface area contributed by atoms with E-state index in [9.17, 15) is 0 Å². The van der Waals surface area contributed by atoms with Crippen LogP contribution in [-0.2, 0) is 5.41 Å². The summed E-state index contributed by atoms with van der Waals surface area (Å²) in [6.07, 6.45) is 0. The molecule has 0 fully saturated rings. The highest BCUT2D eigenvalue weighted by atomic mass is 15.1. The first kappa shape index (κ1) is 33.8. The number of hydrogen-bond acceptors (Lipinski definition) is 1. The van der Waals surface area contributed by atoms with Crippen LogP contribution >= 0.6 is 0 Å². The van der Waals surface area contributed by atoms with Gasteiger partial charge in [0.15, 0.2) is 0 Å². The van der Waals surface area contributed by atoms with Gasteiger partial charge in [0.25, 0.3) is 0 Å². The second-order valence-corrected chi connectivity index (χ2v) is 15.2. The first-order valence-electron chi connectivity index (χ1n) is 20.1. The van der Waals surface area contributed by atoms with Gasteiger partial charge < -0.3 is 4.90 Å². The Morgan fingerprint density at radius 2 is 0.724 bits per heavy atom. The summed E-state index contributed by atoms with van der Waals surface area (Å²) < 4.78 is 0. The Bertz CT molecular complexity index is 2940. The summed E-state index contributed by atoms with van der Waals surface area (Å²) in [5, 5.41) is 5.03. The fourth-order valence-electron chi connectivity index (χ4n) is 9.61. The van der Waals surface area contributed by atoms with Gasteiger partial charge in [0.2, 0.25) is 0 Å². The van der Waals surface area contributed by atoms with Gasteiger partial charge in [0.1, 0.15) is 0 Å². The van der Waals surface area contributed by atoms with Crippen LogP contribution in [0.3, 0.4) is 0 Å². The van der Waals surface area contributed by atoms with E-state index >= 15 is 0 Å². The largest absolute Gasteiger partial charge is 0.310 e. The molecule has 0 saturated carbocycles. The van der Waals surface area contributed by atoms with Crippen LogP contribution in [-0.4, -0.2) is 0 Å². The summed E-state index contributed by atoms with van der Waals surface area (Å²) in [5.41, 5.74) is 15.4. The lowest BCUT2D eigenvalue weighted by Crippen LogP contribution is -2.28. The summed E-state index contributed by atoms with van der Waals surface area (Å²) in [6, 6.07) is 86.7. The lowest BCUT2D eigenvalue weighted by atomic mass is 9.66. The molecule has 0 aliphatic heterocycles. The van der Waals surface area contributed by atoms with E-state index in [4.69, 9.17) is 0 Å². The minimum absolute atomic E-state index is 0.515. The molecular weight excluding hydrogens is 699 g/mol. The molecule has 10 aromatic rings. The van der Waals surface area contributed by atoms with Gasteiger partial charge in [-0.3, -0.25) is 0 Å². The predicted molar refractivity (Wildman–Crippen MR) is 244 cm³/mol. The van der Waals surface area contributed by atoms with Crippen LogP contribution in [0.5, 0.6) is 0 Å². The highest BCUT2D eigenvalue weighted by Gasteiger charge is 2.47. The molecule has 10 aromatic carbocycles. The minimum atomic E-state index is -0.515. The van der Waals surface area contributed by atoms with Crippen molar-refractivity contribution in [1.29, 1.82) is 0 Å². The molecule has 1 nitrogen and oxygen atoms in total. The van der Waals surface area contributed by atoms with Crippen molar-refractivity contribution in [2.24, 2.45) is 0 Å². The zero-order chi connectivity index (χ0) is 38.5. The van der Waals surface area contributed by atoms with Crippen molar-refractivity contribution in [3.63, 3.8) is 0 Å². The van der Waals surface area contributed by atoms with E-state index in [2.05, 4.69) is 241 Å². The van der Waals surface area contributed by atoms with E-state index in [1.54, 1.807) is 0 Å². The van der Waals surface area contributed by atoms with Crippen LogP contribution in [0, 0.1) is 0 Å². The molecule has 0 spiro atoms. The average Bonchev–Trinajstić information content (AvgIpc) is 3.63. The van der Waals surface area contributed by atoms with Gasteiger partial charge in [0.05, 0.1) is 5.41 Å². The third-order valence-corrected chi connectivity index (χ3v) is 12.1. The zero-order valence-electron chi connectivity index (χ0n) is 32.0. The molecule has 1 aliphatic carbocycles. The Morgan fingerprint density at radius 3 is 1.28 bits per heavy atom. The number of anilines is 3. The smallest absolute Gasteiger partial charge is 0.0719 e. The zero-order valence-corrected chi connectivity index (χ0v) is 32.0. The normalized spacial score (nSPS) is 12.6. The van der Waals surface area contributed by atoms with Crippen LogP contribution in [0.15, 0.2) is 237 Å². The minimum Gasteiger partial charge on any atom is -0.310 e. The number of benzene rings is 10. The third-order valence-electron chi connectivity index (χ3n) is 12.1. The SMILES string of the molecule is c1ccc(-c2ccc(N(c3ccc(-c4ccccc4)cc3)c3ccc4c5c(c6ccccc6c4c3)-c3ccccc3C5(c3ccccc3)c3ccccc3)cc2)cc1. The molecule has 0 atom stereocenters. The maximum Gasteiger partial charge on any atom is 0.0719 e. The molecule has 0 aromatic heterocycles.